The summed E-state index contributed by atoms with van der Waals surface area (Å²) >= 11 is 0. The molecule has 0 aromatic carbocycles. The van der Waals surface area contributed by atoms with Gasteiger partial charge in [-0.05, 0) is 31.6 Å². The number of carbonyl (C=O) groups is 1. The van der Waals surface area contributed by atoms with E-state index in [-0.39, 0.29) is 0 Å². The molecule has 118 valence electrons. The van der Waals surface area contributed by atoms with Crippen molar-refractivity contribution in [2.24, 2.45) is 11.8 Å². The van der Waals surface area contributed by atoms with Gasteiger partial charge in [0.1, 0.15) is 6.61 Å². The first kappa shape index (κ1) is 19.2. The highest BCUT2D eigenvalue weighted by atomic mass is 17.2. The van der Waals surface area contributed by atoms with E-state index in [4.69, 9.17) is 4.89 Å². The summed E-state index contributed by atoms with van der Waals surface area (Å²) in [6.07, 6.45) is 9.62. The van der Waals surface area contributed by atoms with Gasteiger partial charge in [-0.3, -0.25) is 4.89 Å². The second-order valence-corrected chi connectivity index (χ2v) is 6.23. The number of carbonyl (C=O) groups excluding carboxylic acids is 1. The Hall–Kier alpha value is -0.830. The standard InChI is InChI=1S/C17H32O3/c1-14(2)8-6-9-15(3)10-7-11-16(4)12-13-19-20-17(5)18/h12,14-15H,6-11,13H2,1-5H3/b16-12+/t15-/m0/s1. The molecule has 0 radical (unpaired) electrons. The molecule has 0 aliphatic heterocycles. The van der Waals surface area contributed by atoms with Crippen LogP contribution in [0, 0.1) is 11.8 Å². The molecule has 0 N–H and O–H groups in total. The van der Waals surface area contributed by atoms with Crippen LogP contribution in [0.25, 0.3) is 0 Å². The van der Waals surface area contributed by atoms with Crippen LogP contribution in [0.5, 0.6) is 0 Å². The smallest absolute Gasteiger partial charge is 0.298 e. The summed E-state index contributed by atoms with van der Waals surface area (Å²) in [5.74, 6) is 1.23. The first-order valence-corrected chi connectivity index (χ1v) is 7.87. The summed E-state index contributed by atoms with van der Waals surface area (Å²) < 4.78 is 0. The van der Waals surface area contributed by atoms with E-state index in [1.54, 1.807) is 0 Å². The molecular formula is C17H32O3. The minimum Gasteiger partial charge on any atom is -0.298 e. The lowest BCUT2D eigenvalue weighted by Crippen LogP contribution is -2.00. The van der Waals surface area contributed by atoms with Gasteiger partial charge in [-0.15, -0.1) is 0 Å². The highest BCUT2D eigenvalue weighted by Gasteiger charge is 2.03. The van der Waals surface area contributed by atoms with E-state index in [0.717, 1.165) is 18.3 Å². The molecule has 0 unspecified atom stereocenters. The van der Waals surface area contributed by atoms with Gasteiger partial charge in [0, 0.05) is 6.92 Å². The predicted octanol–water partition coefficient (Wildman–Crippen LogP) is 5.06. The maximum Gasteiger partial charge on any atom is 0.339 e. The van der Waals surface area contributed by atoms with Crippen molar-refractivity contribution in [3.8, 4) is 0 Å². The van der Waals surface area contributed by atoms with Crippen molar-refractivity contribution >= 4 is 5.97 Å². The Morgan fingerprint density at radius 1 is 1.05 bits per heavy atom. The zero-order valence-corrected chi connectivity index (χ0v) is 13.9. The molecule has 0 fully saturated rings. The summed E-state index contributed by atoms with van der Waals surface area (Å²) in [6.45, 7) is 10.7. The maximum absolute atomic E-state index is 10.5. The molecule has 0 aliphatic carbocycles. The largest absolute Gasteiger partial charge is 0.339 e. The van der Waals surface area contributed by atoms with Crippen LogP contribution in [0.4, 0.5) is 0 Å². The Morgan fingerprint density at radius 3 is 2.30 bits per heavy atom. The SMILES string of the molecule is CC(=O)OOC/C=C(\C)CCC[C@@H](C)CCCC(C)C. The van der Waals surface area contributed by atoms with Crippen LogP contribution in [-0.4, -0.2) is 12.6 Å². The van der Waals surface area contributed by atoms with Gasteiger partial charge in [0.2, 0.25) is 0 Å². The van der Waals surface area contributed by atoms with Crippen LogP contribution in [-0.2, 0) is 14.6 Å². The number of rotatable bonds is 11. The predicted molar refractivity (Wildman–Crippen MR) is 83.2 cm³/mol. The van der Waals surface area contributed by atoms with Gasteiger partial charge in [-0.25, -0.2) is 4.79 Å². The van der Waals surface area contributed by atoms with E-state index in [0.29, 0.717) is 6.61 Å². The molecule has 0 saturated carbocycles. The fourth-order valence-electron chi connectivity index (χ4n) is 2.14. The van der Waals surface area contributed by atoms with E-state index in [1.165, 1.54) is 44.6 Å². The molecule has 3 nitrogen and oxygen atoms in total. The van der Waals surface area contributed by atoms with Crippen molar-refractivity contribution < 1.29 is 14.6 Å². The van der Waals surface area contributed by atoms with Crippen molar-refractivity contribution in [1.82, 2.24) is 0 Å². The summed E-state index contributed by atoms with van der Waals surface area (Å²) in [7, 11) is 0. The monoisotopic (exact) mass is 284 g/mol. The number of allylic oxidation sites excluding steroid dienone is 1. The van der Waals surface area contributed by atoms with Crippen LogP contribution in [0.1, 0.15) is 73.1 Å². The molecule has 0 aromatic heterocycles. The summed E-state index contributed by atoms with van der Waals surface area (Å²) in [6, 6.07) is 0. The quantitative estimate of drug-likeness (QED) is 0.230. The summed E-state index contributed by atoms with van der Waals surface area (Å²) in [5.41, 5.74) is 1.30. The Balaban J connectivity index is 3.56. The molecule has 3 heteroatoms. The second kappa shape index (κ2) is 12.0. The van der Waals surface area contributed by atoms with Crippen molar-refractivity contribution in [3.63, 3.8) is 0 Å². The minimum atomic E-state index is -0.411. The third-order valence-electron chi connectivity index (χ3n) is 3.42. The fraction of sp³-hybridized carbons (Fsp3) is 0.824. The van der Waals surface area contributed by atoms with Crippen LogP contribution < -0.4 is 0 Å². The number of hydrogen-bond acceptors (Lipinski definition) is 3. The zero-order chi connectivity index (χ0) is 15.4. The van der Waals surface area contributed by atoms with Gasteiger partial charge in [-0.2, -0.15) is 4.89 Å². The van der Waals surface area contributed by atoms with Gasteiger partial charge in [-0.1, -0.05) is 58.1 Å². The molecule has 0 saturated heterocycles. The normalized spacial score (nSPS) is 13.6. The molecular weight excluding hydrogens is 252 g/mol. The van der Waals surface area contributed by atoms with Gasteiger partial charge in [0.25, 0.3) is 0 Å². The summed E-state index contributed by atoms with van der Waals surface area (Å²) in [5, 5.41) is 0. The first-order valence-electron chi connectivity index (χ1n) is 7.87. The number of hydrogen-bond donors (Lipinski definition) is 0. The van der Waals surface area contributed by atoms with Crippen LogP contribution in [0.15, 0.2) is 11.6 Å². The molecule has 0 aromatic rings. The molecule has 0 heterocycles. The first-order chi connectivity index (χ1) is 9.41. The van der Waals surface area contributed by atoms with Gasteiger partial charge in [0.05, 0.1) is 0 Å². The van der Waals surface area contributed by atoms with Gasteiger partial charge >= 0.3 is 5.97 Å². The van der Waals surface area contributed by atoms with E-state index in [9.17, 15) is 4.79 Å². The van der Waals surface area contributed by atoms with Gasteiger partial charge in [0.15, 0.2) is 0 Å². The van der Waals surface area contributed by atoms with Crippen molar-refractivity contribution in [2.45, 2.75) is 73.1 Å². The molecule has 1 atom stereocenters. The van der Waals surface area contributed by atoms with E-state index < -0.39 is 5.97 Å². The molecule has 0 bridgehead atoms. The second-order valence-electron chi connectivity index (χ2n) is 6.23. The van der Waals surface area contributed by atoms with E-state index in [1.807, 2.05) is 6.08 Å². The molecule has 0 rings (SSSR count). The van der Waals surface area contributed by atoms with Crippen molar-refractivity contribution in [2.75, 3.05) is 6.61 Å². The third kappa shape index (κ3) is 13.6. The van der Waals surface area contributed by atoms with E-state index in [2.05, 4.69) is 32.6 Å². The van der Waals surface area contributed by atoms with Crippen LogP contribution in [0.2, 0.25) is 0 Å². The Morgan fingerprint density at radius 2 is 1.70 bits per heavy atom. The lowest BCUT2D eigenvalue weighted by atomic mass is 9.94. The molecule has 20 heavy (non-hydrogen) atoms. The van der Waals surface area contributed by atoms with Crippen molar-refractivity contribution in [3.05, 3.63) is 11.6 Å². The van der Waals surface area contributed by atoms with Gasteiger partial charge < -0.3 is 0 Å². The average Bonchev–Trinajstić information content (AvgIpc) is 2.34. The Bertz CT molecular complexity index is 282. The lowest BCUT2D eigenvalue weighted by Gasteiger charge is -2.12. The molecule has 0 amide bonds. The molecule has 0 spiro atoms. The van der Waals surface area contributed by atoms with Crippen LogP contribution >= 0.6 is 0 Å². The maximum atomic E-state index is 10.5. The lowest BCUT2D eigenvalue weighted by molar-refractivity contribution is -0.263. The highest BCUT2D eigenvalue weighted by Crippen LogP contribution is 2.18. The Kier molecular flexibility index (Phi) is 11.5. The van der Waals surface area contributed by atoms with Crippen molar-refractivity contribution in [1.29, 1.82) is 0 Å². The average molecular weight is 284 g/mol. The fourth-order valence-corrected chi connectivity index (χ4v) is 2.14. The zero-order valence-electron chi connectivity index (χ0n) is 13.9. The summed E-state index contributed by atoms with van der Waals surface area (Å²) in [4.78, 5) is 19.7. The Labute approximate surface area is 124 Å². The highest BCUT2D eigenvalue weighted by molar-refractivity contribution is 5.65. The molecule has 0 aliphatic rings. The van der Waals surface area contributed by atoms with E-state index >= 15 is 0 Å². The minimum absolute atomic E-state index is 0.343. The third-order valence-corrected chi connectivity index (χ3v) is 3.42. The van der Waals surface area contributed by atoms with Crippen LogP contribution in [0.3, 0.4) is 0 Å². The topological polar surface area (TPSA) is 35.5 Å².